The van der Waals surface area contributed by atoms with E-state index in [0.29, 0.717) is 18.9 Å². The molecule has 7 nitrogen and oxygen atoms in total. The molecule has 0 spiro atoms. The molecule has 0 atom stereocenters. The molecule has 1 aromatic heterocycles. The third-order valence-electron chi connectivity index (χ3n) is 4.28. The third kappa shape index (κ3) is 5.41. The molecule has 9 heteroatoms. The smallest absolute Gasteiger partial charge is 0.268 e. The maximum absolute atomic E-state index is 12.3. The maximum Gasteiger partial charge on any atom is 0.268 e. The first-order chi connectivity index (χ1) is 12.8. The number of aromatic nitrogens is 1. The zero-order chi connectivity index (χ0) is 19.4. The zero-order valence-corrected chi connectivity index (χ0v) is 16.5. The fraction of sp³-hybridized carbons (Fsp3) is 0.333. The summed E-state index contributed by atoms with van der Waals surface area (Å²) in [5.74, 6) is -0.164. The highest BCUT2D eigenvalue weighted by Crippen LogP contribution is 2.20. The molecule has 1 aliphatic rings. The number of sulfonamides is 1. The van der Waals surface area contributed by atoms with Crippen molar-refractivity contribution in [1.29, 1.82) is 0 Å². The van der Waals surface area contributed by atoms with Gasteiger partial charge in [-0.3, -0.25) is 9.69 Å². The summed E-state index contributed by atoms with van der Waals surface area (Å²) in [7, 11) is -3.63. The molecule has 1 N–H and O–H groups in total. The number of halogens is 1. The van der Waals surface area contributed by atoms with E-state index in [1.165, 1.54) is 0 Å². The van der Waals surface area contributed by atoms with Crippen LogP contribution in [0.25, 0.3) is 0 Å². The number of piperazine rings is 1. The fourth-order valence-corrected chi connectivity index (χ4v) is 3.72. The average molecular weight is 409 g/mol. The van der Waals surface area contributed by atoms with Gasteiger partial charge in [-0.1, -0.05) is 23.7 Å². The van der Waals surface area contributed by atoms with Crippen molar-refractivity contribution in [2.45, 2.75) is 6.54 Å². The lowest BCUT2D eigenvalue weighted by molar-refractivity contribution is 0.0981. The van der Waals surface area contributed by atoms with Crippen LogP contribution in [-0.2, 0) is 16.6 Å². The molecule has 1 amide bonds. The van der Waals surface area contributed by atoms with Crippen LogP contribution in [0.2, 0.25) is 5.02 Å². The highest BCUT2D eigenvalue weighted by Gasteiger charge is 2.23. The van der Waals surface area contributed by atoms with Crippen LogP contribution in [0.15, 0.2) is 42.6 Å². The van der Waals surface area contributed by atoms with Crippen LogP contribution < -0.4 is 9.62 Å². The van der Waals surface area contributed by atoms with Crippen LogP contribution in [0.5, 0.6) is 0 Å². The Balaban J connectivity index is 1.67. The van der Waals surface area contributed by atoms with Gasteiger partial charge >= 0.3 is 0 Å². The summed E-state index contributed by atoms with van der Waals surface area (Å²) < 4.78 is 24.7. The van der Waals surface area contributed by atoms with E-state index in [1.54, 1.807) is 18.3 Å². The van der Waals surface area contributed by atoms with Crippen molar-refractivity contribution in [3.8, 4) is 0 Å². The largest absolute Gasteiger partial charge is 0.353 e. The Morgan fingerprint density at radius 2 is 1.93 bits per heavy atom. The van der Waals surface area contributed by atoms with E-state index in [-0.39, 0.29) is 5.56 Å². The SMILES string of the molecule is CS(=O)(=O)NC(=O)c1cccnc1N1CCN(Cc2cccc(Cl)c2)CC1. The second kappa shape index (κ2) is 8.24. The van der Waals surface area contributed by atoms with Crippen LogP contribution in [0.3, 0.4) is 0 Å². The first kappa shape index (κ1) is 19.6. The Labute approximate surface area is 164 Å². The summed E-state index contributed by atoms with van der Waals surface area (Å²) in [5.41, 5.74) is 1.41. The molecule has 1 fully saturated rings. The van der Waals surface area contributed by atoms with Crippen molar-refractivity contribution in [3.05, 3.63) is 58.7 Å². The second-order valence-corrected chi connectivity index (χ2v) is 8.66. The number of carbonyl (C=O) groups excluding carboxylic acids is 1. The van der Waals surface area contributed by atoms with Gasteiger partial charge in [0, 0.05) is 43.9 Å². The van der Waals surface area contributed by atoms with Gasteiger partial charge in [0.1, 0.15) is 5.82 Å². The summed E-state index contributed by atoms with van der Waals surface area (Å²) in [6.45, 7) is 3.79. The van der Waals surface area contributed by atoms with Crippen molar-refractivity contribution in [1.82, 2.24) is 14.6 Å². The number of hydrogen-bond donors (Lipinski definition) is 1. The van der Waals surface area contributed by atoms with Crippen molar-refractivity contribution in [2.24, 2.45) is 0 Å². The van der Waals surface area contributed by atoms with E-state index in [1.807, 2.05) is 33.9 Å². The summed E-state index contributed by atoms with van der Waals surface area (Å²) in [6, 6.07) is 11.0. The van der Waals surface area contributed by atoms with Gasteiger partial charge in [0.2, 0.25) is 10.0 Å². The molecule has 1 aliphatic heterocycles. The van der Waals surface area contributed by atoms with E-state index in [2.05, 4.69) is 9.88 Å². The predicted molar refractivity (Wildman–Crippen MR) is 105 cm³/mol. The van der Waals surface area contributed by atoms with Gasteiger partial charge in [0.15, 0.2) is 0 Å². The fourth-order valence-electron chi connectivity index (χ4n) is 3.06. The van der Waals surface area contributed by atoms with Gasteiger partial charge in [-0.05, 0) is 29.8 Å². The van der Waals surface area contributed by atoms with Crippen molar-refractivity contribution >= 4 is 33.3 Å². The van der Waals surface area contributed by atoms with Crippen molar-refractivity contribution in [3.63, 3.8) is 0 Å². The minimum Gasteiger partial charge on any atom is -0.353 e. The topological polar surface area (TPSA) is 82.6 Å². The predicted octanol–water partition coefficient (Wildman–Crippen LogP) is 1.75. The van der Waals surface area contributed by atoms with E-state index in [9.17, 15) is 13.2 Å². The Morgan fingerprint density at radius 3 is 2.59 bits per heavy atom. The number of carbonyl (C=O) groups is 1. The molecule has 0 bridgehead atoms. The summed E-state index contributed by atoms with van der Waals surface area (Å²) in [6.07, 6.45) is 2.56. The minimum absolute atomic E-state index is 0.256. The molecule has 2 heterocycles. The van der Waals surface area contributed by atoms with Gasteiger partial charge < -0.3 is 4.90 Å². The van der Waals surface area contributed by atoms with Crippen molar-refractivity contribution in [2.75, 3.05) is 37.3 Å². The van der Waals surface area contributed by atoms with Gasteiger partial charge in [0.05, 0.1) is 11.8 Å². The third-order valence-corrected chi connectivity index (χ3v) is 5.07. The van der Waals surface area contributed by atoms with Gasteiger partial charge in [-0.2, -0.15) is 0 Å². The summed E-state index contributed by atoms with van der Waals surface area (Å²) in [4.78, 5) is 20.9. The Morgan fingerprint density at radius 1 is 1.19 bits per heavy atom. The Kier molecular flexibility index (Phi) is 5.98. The molecule has 0 radical (unpaired) electrons. The van der Waals surface area contributed by atoms with Gasteiger partial charge in [-0.25, -0.2) is 18.1 Å². The number of nitrogens with one attached hydrogen (secondary N) is 1. The Bertz CT molecular complexity index is 928. The minimum atomic E-state index is -3.63. The maximum atomic E-state index is 12.3. The van der Waals surface area contributed by atoms with Crippen LogP contribution in [-0.4, -0.2) is 56.6 Å². The molecule has 2 aromatic rings. The first-order valence-electron chi connectivity index (χ1n) is 8.51. The van der Waals surface area contributed by atoms with Crippen LogP contribution >= 0.6 is 11.6 Å². The lowest BCUT2D eigenvalue weighted by Gasteiger charge is -2.36. The number of pyridine rings is 1. The summed E-state index contributed by atoms with van der Waals surface area (Å²) in [5, 5.41) is 0.723. The van der Waals surface area contributed by atoms with E-state index in [4.69, 9.17) is 11.6 Å². The van der Waals surface area contributed by atoms with Gasteiger partial charge in [0.25, 0.3) is 5.91 Å². The monoisotopic (exact) mass is 408 g/mol. The van der Waals surface area contributed by atoms with Gasteiger partial charge in [-0.15, -0.1) is 0 Å². The number of anilines is 1. The molecular formula is C18H21ClN4O3S. The van der Waals surface area contributed by atoms with Crippen molar-refractivity contribution < 1.29 is 13.2 Å². The molecule has 3 rings (SSSR count). The molecule has 0 unspecified atom stereocenters. The second-order valence-electron chi connectivity index (χ2n) is 6.47. The quantitative estimate of drug-likeness (QED) is 0.811. The average Bonchev–Trinajstić information content (AvgIpc) is 2.61. The Hall–Kier alpha value is -2.16. The number of hydrogen-bond acceptors (Lipinski definition) is 6. The molecule has 1 saturated heterocycles. The van der Waals surface area contributed by atoms with Crippen LogP contribution in [0.1, 0.15) is 15.9 Å². The van der Waals surface area contributed by atoms with E-state index >= 15 is 0 Å². The van der Waals surface area contributed by atoms with Crippen LogP contribution in [0, 0.1) is 0 Å². The van der Waals surface area contributed by atoms with E-state index in [0.717, 1.165) is 36.5 Å². The zero-order valence-electron chi connectivity index (χ0n) is 14.9. The van der Waals surface area contributed by atoms with E-state index < -0.39 is 15.9 Å². The highest BCUT2D eigenvalue weighted by atomic mass is 35.5. The molecule has 27 heavy (non-hydrogen) atoms. The lowest BCUT2D eigenvalue weighted by atomic mass is 10.2. The number of nitrogens with zero attached hydrogens (tertiary/aromatic N) is 3. The number of benzene rings is 1. The van der Waals surface area contributed by atoms with Crippen LogP contribution in [0.4, 0.5) is 5.82 Å². The molecule has 144 valence electrons. The normalized spacial score (nSPS) is 15.6. The lowest BCUT2D eigenvalue weighted by Crippen LogP contribution is -2.47. The highest BCUT2D eigenvalue weighted by molar-refractivity contribution is 7.89. The standard InChI is InChI=1S/C18H21ClN4O3S/c1-27(25,26)21-18(24)16-6-3-7-20-17(16)23-10-8-22(9-11-23)13-14-4-2-5-15(19)12-14/h2-7,12H,8-11,13H2,1H3,(H,21,24). The number of amides is 1. The molecule has 0 saturated carbocycles. The molecular weight excluding hydrogens is 388 g/mol. The number of rotatable bonds is 5. The molecule has 1 aromatic carbocycles. The first-order valence-corrected chi connectivity index (χ1v) is 10.8. The molecule has 0 aliphatic carbocycles. The summed E-state index contributed by atoms with van der Waals surface area (Å²) >= 11 is 6.04.